The van der Waals surface area contributed by atoms with Crippen molar-refractivity contribution in [3.05, 3.63) is 15.8 Å². The lowest BCUT2D eigenvalue weighted by Gasteiger charge is -2.41. The zero-order valence-electron chi connectivity index (χ0n) is 21.5. The van der Waals surface area contributed by atoms with Crippen LogP contribution in [0.1, 0.15) is 93.6 Å². The van der Waals surface area contributed by atoms with E-state index in [1.807, 2.05) is 6.07 Å². The summed E-state index contributed by atoms with van der Waals surface area (Å²) in [5.74, 6) is -1.23. The summed E-state index contributed by atoms with van der Waals surface area (Å²) in [4.78, 5) is 29.2. The van der Waals surface area contributed by atoms with Crippen LogP contribution in [0.5, 0.6) is 0 Å². The van der Waals surface area contributed by atoms with Crippen LogP contribution in [0.15, 0.2) is 6.07 Å². The second kappa shape index (κ2) is 10.9. The number of carboxylic acid groups (broad SMARTS) is 1. The van der Waals surface area contributed by atoms with Crippen molar-refractivity contribution in [1.29, 1.82) is 0 Å². The number of nitrogens with zero attached hydrogens (tertiary/aromatic N) is 1. The zero-order valence-corrected chi connectivity index (χ0v) is 22.3. The highest BCUT2D eigenvalue weighted by molar-refractivity contribution is 7.14. The van der Waals surface area contributed by atoms with Gasteiger partial charge in [0.05, 0.1) is 36.5 Å². The van der Waals surface area contributed by atoms with Gasteiger partial charge in [-0.1, -0.05) is 27.7 Å². The first-order valence-electron chi connectivity index (χ1n) is 13.2. The van der Waals surface area contributed by atoms with Gasteiger partial charge in [0.2, 0.25) is 5.91 Å². The van der Waals surface area contributed by atoms with E-state index in [0.29, 0.717) is 31.1 Å². The van der Waals surface area contributed by atoms with Crippen LogP contribution in [0.3, 0.4) is 0 Å². The predicted octanol–water partition coefficient (Wildman–Crippen LogP) is 4.99. The molecule has 0 unspecified atom stereocenters. The Morgan fingerprint density at radius 1 is 1.09 bits per heavy atom. The van der Waals surface area contributed by atoms with Gasteiger partial charge in [0, 0.05) is 17.5 Å². The van der Waals surface area contributed by atoms with Gasteiger partial charge in [-0.3, -0.25) is 4.79 Å². The molecule has 1 aromatic heterocycles. The number of aliphatic hydroxyl groups is 1. The molecule has 1 amide bonds. The largest absolute Gasteiger partial charge is 0.477 e. The smallest absolute Gasteiger partial charge is 0.348 e. The molecule has 4 rings (SSSR count). The fourth-order valence-electron chi connectivity index (χ4n) is 5.73. The maximum absolute atomic E-state index is 14.0. The van der Waals surface area contributed by atoms with Crippen molar-refractivity contribution in [2.24, 2.45) is 11.8 Å². The summed E-state index contributed by atoms with van der Waals surface area (Å²) in [6.45, 7) is 9.67. The molecule has 4 atom stereocenters. The van der Waals surface area contributed by atoms with Gasteiger partial charge >= 0.3 is 5.97 Å². The van der Waals surface area contributed by atoms with E-state index in [1.165, 1.54) is 11.3 Å². The molecular weight excluding hydrogens is 466 g/mol. The second-order valence-electron chi connectivity index (χ2n) is 11.7. The lowest BCUT2D eigenvalue weighted by atomic mass is 9.79. The minimum Gasteiger partial charge on any atom is -0.477 e. The molecule has 3 aliphatic rings. The Labute approximate surface area is 212 Å². The maximum atomic E-state index is 14.0. The summed E-state index contributed by atoms with van der Waals surface area (Å²) in [5, 5.41) is 20.9. The number of carbonyl (C=O) groups excluding carboxylic acids is 1. The molecule has 196 valence electrons. The van der Waals surface area contributed by atoms with Crippen LogP contribution in [0.4, 0.5) is 5.69 Å². The highest BCUT2D eigenvalue weighted by Crippen LogP contribution is 2.42. The molecular formula is C27H41NO6S. The number of aliphatic hydroxyl groups excluding tert-OH is 1. The lowest BCUT2D eigenvalue weighted by Crippen LogP contribution is -2.50. The Morgan fingerprint density at radius 2 is 1.80 bits per heavy atom. The Hall–Kier alpha value is -1.48. The summed E-state index contributed by atoms with van der Waals surface area (Å²) < 4.78 is 11.7. The summed E-state index contributed by atoms with van der Waals surface area (Å²) in [7, 11) is 0. The first-order valence-corrected chi connectivity index (χ1v) is 14.0. The van der Waals surface area contributed by atoms with E-state index in [0.717, 1.165) is 50.0 Å². The molecule has 2 aliphatic carbocycles. The molecule has 0 radical (unpaired) electrons. The van der Waals surface area contributed by atoms with E-state index in [4.69, 9.17) is 9.47 Å². The van der Waals surface area contributed by atoms with Crippen LogP contribution < -0.4 is 4.90 Å². The van der Waals surface area contributed by atoms with Crippen LogP contribution >= 0.6 is 11.3 Å². The maximum Gasteiger partial charge on any atom is 0.348 e. The molecule has 3 fully saturated rings. The molecule has 1 saturated heterocycles. The molecule has 1 aliphatic heterocycles. The molecule has 8 heteroatoms. The molecule has 7 nitrogen and oxygen atoms in total. The van der Waals surface area contributed by atoms with E-state index in [2.05, 4.69) is 27.7 Å². The third kappa shape index (κ3) is 6.09. The van der Waals surface area contributed by atoms with Crippen molar-refractivity contribution in [3.8, 4) is 0 Å². The van der Waals surface area contributed by atoms with Crippen molar-refractivity contribution < 1.29 is 29.3 Å². The van der Waals surface area contributed by atoms with E-state index in [1.54, 1.807) is 4.90 Å². The van der Waals surface area contributed by atoms with Crippen molar-refractivity contribution in [1.82, 2.24) is 0 Å². The summed E-state index contributed by atoms with van der Waals surface area (Å²) in [6, 6.07) is 1.80. The number of amides is 1. The first-order chi connectivity index (χ1) is 16.5. The molecule has 0 spiro atoms. The van der Waals surface area contributed by atoms with E-state index >= 15 is 0 Å². The zero-order chi connectivity index (χ0) is 25.3. The van der Waals surface area contributed by atoms with Gasteiger partial charge in [-0.2, -0.15) is 0 Å². The molecule has 2 saturated carbocycles. The van der Waals surface area contributed by atoms with Crippen molar-refractivity contribution in [2.75, 3.05) is 18.1 Å². The fourth-order valence-corrected chi connectivity index (χ4v) is 6.77. The number of hydrogen-bond donors (Lipinski definition) is 2. The fraction of sp³-hybridized carbons (Fsp3) is 0.778. The van der Waals surface area contributed by atoms with Crippen LogP contribution in [-0.2, 0) is 19.7 Å². The van der Waals surface area contributed by atoms with Crippen molar-refractivity contribution >= 4 is 28.9 Å². The van der Waals surface area contributed by atoms with Crippen LogP contribution in [0.25, 0.3) is 0 Å². The number of carboxylic acids is 1. The van der Waals surface area contributed by atoms with Gasteiger partial charge < -0.3 is 24.6 Å². The number of carbonyl (C=O) groups is 2. The average Bonchev–Trinajstić information content (AvgIpc) is 3.45. The Bertz CT molecular complexity index is 894. The third-order valence-corrected chi connectivity index (χ3v) is 9.36. The van der Waals surface area contributed by atoms with Crippen LogP contribution in [0.2, 0.25) is 0 Å². The molecule has 1 aromatic rings. The van der Waals surface area contributed by atoms with E-state index in [-0.39, 0.29) is 34.4 Å². The standard InChI is InChI=1S/C27H41NO6S/c1-16-5-10-20(22(29)13-16)25(30)28(21-14-23(27(2,3)4)35-24(21)26(31)32)17-6-8-18(9-7-17)34-19-11-12-33-15-19/h14,16-20,22,29H,5-13,15H2,1-4H3,(H,31,32)/t16-,17-,18-,19-,20-,22+/m1/s1. The molecule has 0 bridgehead atoms. The summed E-state index contributed by atoms with van der Waals surface area (Å²) in [6.07, 6.45) is 5.83. The monoisotopic (exact) mass is 507 g/mol. The van der Waals surface area contributed by atoms with E-state index < -0.39 is 18.0 Å². The third-order valence-electron chi connectivity index (χ3n) is 7.82. The van der Waals surface area contributed by atoms with Gasteiger partial charge in [-0.05, 0) is 68.8 Å². The summed E-state index contributed by atoms with van der Waals surface area (Å²) >= 11 is 1.26. The highest BCUT2D eigenvalue weighted by Gasteiger charge is 2.41. The predicted molar refractivity (Wildman–Crippen MR) is 136 cm³/mol. The molecule has 35 heavy (non-hydrogen) atoms. The lowest BCUT2D eigenvalue weighted by molar-refractivity contribution is -0.129. The van der Waals surface area contributed by atoms with Crippen molar-refractivity contribution in [2.45, 2.75) is 109 Å². The number of thiophene rings is 1. The minimum absolute atomic E-state index is 0.103. The van der Waals surface area contributed by atoms with Gasteiger partial charge in [0.25, 0.3) is 0 Å². The molecule has 2 heterocycles. The van der Waals surface area contributed by atoms with E-state index in [9.17, 15) is 19.8 Å². The first kappa shape index (κ1) is 26.6. The minimum atomic E-state index is -1.01. The van der Waals surface area contributed by atoms with Crippen LogP contribution in [-0.4, -0.2) is 59.7 Å². The quantitative estimate of drug-likeness (QED) is 0.563. The van der Waals surface area contributed by atoms with Gasteiger partial charge in [-0.25, -0.2) is 4.79 Å². The number of rotatable bonds is 6. The number of anilines is 1. The SMILES string of the molecule is C[C@@H]1CC[C@@H](C(=O)N(c2cc(C(C)(C)C)sc2C(=O)O)[C@H]2CC[C@H](O[C@@H]3CCOC3)CC2)[C@@H](O)C1. The Morgan fingerprint density at radius 3 is 2.37 bits per heavy atom. The number of aromatic carboxylic acids is 1. The molecule has 0 aromatic carbocycles. The van der Waals surface area contributed by atoms with Gasteiger partial charge in [0.15, 0.2) is 0 Å². The van der Waals surface area contributed by atoms with Gasteiger partial charge in [0.1, 0.15) is 4.88 Å². The average molecular weight is 508 g/mol. The normalized spacial score (nSPS) is 31.9. The number of hydrogen-bond acceptors (Lipinski definition) is 6. The van der Waals surface area contributed by atoms with Crippen molar-refractivity contribution in [3.63, 3.8) is 0 Å². The Balaban J connectivity index is 1.61. The van der Waals surface area contributed by atoms with Gasteiger partial charge in [-0.15, -0.1) is 11.3 Å². The topological polar surface area (TPSA) is 96.3 Å². The Kier molecular flexibility index (Phi) is 8.25. The second-order valence-corrected chi connectivity index (χ2v) is 12.8. The number of ether oxygens (including phenoxy) is 2. The molecule has 2 N–H and O–H groups in total. The highest BCUT2D eigenvalue weighted by atomic mass is 32.1. The summed E-state index contributed by atoms with van der Waals surface area (Å²) in [5.41, 5.74) is 0.271. The van der Waals surface area contributed by atoms with Crippen LogP contribution in [0, 0.1) is 11.8 Å².